The minimum absolute atomic E-state index is 0.0285. The van der Waals surface area contributed by atoms with E-state index < -0.39 is 11.4 Å². The van der Waals surface area contributed by atoms with Gasteiger partial charge in [-0.25, -0.2) is 4.39 Å². The van der Waals surface area contributed by atoms with E-state index in [-0.39, 0.29) is 31.4 Å². The lowest BCUT2D eigenvalue weighted by molar-refractivity contribution is -0.134. The molecule has 2 rings (SSSR count). The maximum Gasteiger partial charge on any atom is 0.240 e. The van der Waals surface area contributed by atoms with E-state index in [1.807, 2.05) is 0 Å². The molecule has 0 bridgehead atoms. The first-order valence-corrected chi connectivity index (χ1v) is 7.53. The lowest BCUT2D eigenvalue weighted by Crippen LogP contribution is -2.58. The van der Waals surface area contributed by atoms with Gasteiger partial charge in [-0.2, -0.15) is 0 Å². The van der Waals surface area contributed by atoms with Crippen molar-refractivity contribution in [3.8, 4) is 0 Å². The van der Waals surface area contributed by atoms with Crippen molar-refractivity contribution in [1.82, 2.24) is 10.2 Å². The van der Waals surface area contributed by atoms with Gasteiger partial charge < -0.3 is 15.8 Å². The van der Waals surface area contributed by atoms with Gasteiger partial charge >= 0.3 is 0 Å². The molecule has 0 radical (unpaired) electrons. The normalized spacial score (nSPS) is 21.3. The molecule has 1 aliphatic rings. The van der Waals surface area contributed by atoms with Crippen molar-refractivity contribution >= 4 is 11.8 Å². The van der Waals surface area contributed by atoms with E-state index in [0.29, 0.717) is 18.5 Å². The van der Waals surface area contributed by atoms with Crippen LogP contribution in [0.2, 0.25) is 0 Å². The van der Waals surface area contributed by atoms with E-state index in [1.54, 1.807) is 23.1 Å². The van der Waals surface area contributed by atoms with Crippen LogP contribution in [-0.4, -0.2) is 49.1 Å². The number of halogens is 1. The van der Waals surface area contributed by atoms with Crippen molar-refractivity contribution in [2.45, 2.75) is 24.9 Å². The fourth-order valence-electron chi connectivity index (χ4n) is 2.98. The Kier molecular flexibility index (Phi) is 5.68. The van der Waals surface area contributed by atoms with Crippen molar-refractivity contribution in [2.75, 3.05) is 26.8 Å². The summed E-state index contributed by atoms with van der Waals surface area (Å²) >= 11 is 0. The number of ether oxygens (including phenoxy) is 1. The van der Waals surface area contributed by atoms with Crippen LogP contribution in [0.15, 0.2) is 24.3 Å². The maximum atomic E-state index is 13.5. The number of carbonyl (C=O) groups is 2. The number of likely N-dealkylation sites (tertiary alicyclic amines) is 1. The zero-order valence-electron chi connectivity index (χ0n) is 13.2. The summed E-state index contributed by atoms with van der Waals surface area (Å²) in [6, 6.07) is 6.27. The molecule has 7 heteroatoms. The standard InChI is InChI=1S/C16H22FN3O3/c1-23-11-16(15(18)22)7-4-8-20(16)10-14(21)19-9-12-5-2-3-6-13(12)17/h2-3,5-6H,4,7-11H2,1H3,(H2,18,22)(H,19,21). The molecular weight excluding hydrogens is 301 g/mol. The van der Waals surface area contributed by atoms with Gasteiger partial charge in [0.15, 0.2) is 0 Å². The topological polar surface area (TPSA) is 84.7 Å². The van der Waals surface area contributed by atoms with E-state index in [0.717, 1.165) is 6.42 Å². The molecule has 0 spiro atoms. The number of primary amides is 1. The summed E-state index contributed by atoms with van der Waals surface area (Å²) < 4.78 is 18.7. The first-order chi connectivity index (χ1) is 11.0. The van der Waals surface area contributed by atoms with Crippen LogP contribution >= 0.6 is 0 Å². The molecule has 126 valence electrons. The van der Waals surface area contributed by atoms with Crippen molar-refractivity contribution in [1.29, 1.82) is 0 Å². The number of nitrogens with one attached hydrogen (secondary N) is 1. The van der Waals surface area contributed by atoms with Crippen LogP contribution in [0.4, 0.5) is 4.39 Å². The zero-order valence-corrected chi connectivity index (χ0v) is 13.2. The number of benzene rings is 1. The fraction of sp³-hybridized carbons (Fsp3) is 0.500. The quantitative estimate of drug-likeness (QED) is 0.761. The summed E-state index contributed by atoms with van der Waals surface area (Å²) in [5.41, 5.74) is 5.00. The minimum Gasteiger partial charge on any atom is -0.382 e. The van der Waals surface area contributed by atoms with Gasteiger partial charge in [-0.15, -0.1) is 0 Å². The van der Waals surface area contributed by atoms with E-state index in [4.69, 9.17) is 10.5 Å². The number of hydrogen-bond acceptors (Lipinski definition) is 4. The monoisotopic (exact) mass is 323 g/mol. The summed E-state index contributed by atoms with van der Waals surface area (Å²) in [5, 5.41) is 2.67. The maximum absolute atomic E-state index is 13.5. The number of rotatable bonds is 7. The number of hydrogen-bond donors (Lipinski definition) is 2. The Labute approximate surface area is 134 Å². The molecular formula is C16H22FN3O3. The van der Waals surface area contributed by atoms with E-state index in [2.05, 4.69) is 5.32 Å². The number of amides is 2. The minimum atomic E-state index is -0.940. The van der Waals surface area contributed by atoms with Crippen LogP contribution in [0.5, 0.6) is 0 Å². The Morgan fingerprint density at radius 1 is 1.43 bits per heavy atom. The lowest BCUT2D eigenvalue weighted by atomic mass is 9.96. The summed E-state index contributed by atoms with van der Waals surface area (Å²) in [6.07, 6.45) is 1.34. The van der Waals surface area contributed by atoms with Crippen molar-refractivity contribution in [2.24, 2.45) is 5.73 Å². The third kappa shape index (κ3) is 3.86. The van der Waals surface area contributed by atoms with Gasteiger partial charge in [-0.1, -0.05) is 18.2 Å². The molecule has 2 amide bonds. The zero-order chi connectivity index (χ0) is 16.9. The van der Waals surface area contributed by atoms with Gasteiger partial charge in [0, 0.05) is 19.2 Å². The molecule has 23 heavy (non-hydrogen) atoms. The van der Waals surface area contributed by atoms with E-state index in [9.17, 15) is 14.0 Å². The molecule has 1 aliphatic heterocycles. The Morgan fingerprint density at radius 2 is 2.17 bits per heavy atom. The highest BCUT2D eigenvalue weighted by atomic mass is 19.1. The SMILES string of the molecule is COCC1(C(N)=O)CCCN1CC(=O)NCc1ccccc1F. The predicted molar refractivity (Wildman–Crippen MR) is 82.9 cm³/mol. The molecule has 1 aromatic rings. The average Bonchev–Trinajstić information content (AvgIpc) is 2.91. The molecule has 3 N–H and O–H groups in total. The summed E-state index contributed by atoms with van der Waals surface area (Å²) in [4.78, 5) is 25.7. The van der Waals surface area contributed by atoms with Crippen LogP contribution in [0.3, 0.4) is 0 Å². The number of nitrogens with zero attached hydrogens (tertiary/aromatic N) is 1. The smallest absolute Gasteiger partial charge is 0.240 e. The van der Waals surface area contributed by atoms with Crippen molar-refractivity contribution in [3.05, 3.63) is 35.6 Å². The molecule has 1 heterocycles. The highest BCUT2D eigenvalue weighted by molar-refractivity contribution is 5.86. The Bertz CT molecular complexity index is 581. The van der Waals surface area contributed by atoms with Crippen molar-refractivity contribution < 1.29 is 18.7 Å². The van der Waals surface area contributed by atoms with Gasteiger partial charge in [0.1, 0.15) is 11.4 Å². The number of nitrogens with two attached hydrogens (primary N) is 1. The number of methoxy groups -OCH3 is 1. The molecule has 1 atom stereocenters. The van der Waals surface area contributed by atoms with Crippen LogP contribution in [0.25, 0.3) is 0 Å². The molecule has 1 unspecified atom stereocenters. The van der Waals surface area contributed by atoms with Gasteiger partial charge in [-0.05, 0) is 25.5 Å². The van der Waals surface area contributed by atoms with Gasteiger partial charge in [0.2, 0.25) is 11.8 Å². The summed E-state index contributed by atoms with van der Waals surface area (Å²) in [7, 11) is 1.50. The number of carbonyl (C=O) groups excluding carboxylic acids is 2. The molecule has 1 saturated heterocycles. The second kappa shape index (κ2) is 7.52. The van der Waals surface area contributed by atoms with Gasteiger partial charge in [0.05, 0.1) is 13.2 Å². The fourth-order valence-corrected chi connectivity index (χ4v) is 2.98. The molecule has 1 fully saturated rings. The lowest BCUT2D eigenvalue weighted by Gasteiger charge is -2.34. The van der Waals surface area contributed by atoms with Crippen molar-refractivity contribution in [3.63, 3.8) is 0 Å². The molecule has 1 aromatic carbocycles. The third-order valence-electron chi connectivity index (χ3n) is 4.23. The summed E-state index contributed by atoms with van der Waals surface area (Å²) in [5.74, 6) is -1.13. The second-order valence-electron chi connectivity index (χ2n) is 5.72. The van der Waals surface area contributed by atoms with Crippen LogP contribution in [-0.2, 0) is 20.9 Å². The van der Waals surface area contributed by atoms with Crippen LogP contribution in [0.1, 0.15) is 18.4 Å². The average molecular weight is 323 g/mol. The first-order valence-electron chi connectivity index (χ1n) is 7.53. The molecule has 0 saturated carbocycles. The third-order valence-corrected chi connectivity index (χ3v) is 4.23. The second-order valence-corrected chi connectivity index (χ2v) is 5.72. The first kappa shape index (κ1) is 17.4. The highest BCUT2D eigenvalue weighted by Crippen LogP contribution is 2.29. The molecule has 0 aromatic heterocycles. The molecule has 6 nitrogen and oxygen atoms in total. The van der Waals surface area contributed by atoms with Gasteiger partial charge in [0.25, 0.3) is 0 Å². The predicted octanol–water partition coefficient (Wildman–Crippen LogP) is 0.408. The Balaban J connectivity index is 1.96. The highest BCUT2D eigenvalue weighted by Gasteiger charge is 2.46. The Morgan fingerprint density at radius 3 is 2.83 bits per heavy atom. The van der Waals surface area contributed by atoms with E-state index in [1.165, 1.54) is 13.2 Å². The van der Waals surface area contributed by atoms with Gasteiger partial charge in [-0.3, -0.25) is 14.5 Å². The van der Waals surface area contributed by atoms with Crippen LogP contribution < -0.4 is 11.1 Å². The van der Waals surface area contributed by atoms with Crippen LogP contribution in [0, 0.1) is 5.82 Å². The largest absolute Gasteiger partial charge is 0.382 e. The van der Waals surface area contributed by atoms with E-state index >= 15 is 0 Å². The molecule has 0 aliphatic carbocycles. The summed E-state index contributed by atoms with van der Waals surface area (Å²) in [6.45, 7) is 0.885. The Hall–Kier alpha value is -1.99.